The van der Waals surface area contributed by atoms with Crippen LogP contribution in [0, 0.1) is 6.92 Å². The van der Waals surface area contributed by atoms with Crippen LogP contribution in [0.25, 0.3) is 11.3 Å². The van der Waals surface area contributed by atoms with Crippen molar-refractivity contribution in [1.29, 1.82) is 0 Å². The fourth-order valence-corrected chi connectivity index (χ4v) is 2.49. The highest BCUT2D eigenvalue weighted by atomic mass is 79.9. The van der Waals surface area contributed by atoms with Gasteiger partial charge in [0.15, 0.2) is 0 Å². The zero-order valence-electron chi connectivity index (χ0n) is 9.71. The smallest absolute Gasteiger partial charge is 0.107 e. The Morgan fingerprint density at radius 2 is 1.81 bits per heavy atom. The fraction of sp³-hybridized carbons (Fsp3) is 0.308. The van der Waals surface area contributed by atoms with E-state index in [4.69, 9.17) is 0 Å². The highest BCUT2D eigenvalue weighted by Gasteiger charge is 2.14. The molecule has 0 saturated carbocycles. The van der Waals surface area contributed by atoms with Gasteiger partial charge in [0, 0.05) is 5.56 Å². The number of hydrogen-bond donors (Lipinski definition) is 1. The number of rotatable bonds is 2. The molecule has 0 bridgehead atoms. The quantitative estimate of drug-likeness (QED) is 0.873. The Morgan fingerprint density at radius 1 is 1.19 bits per heavy atom. The van der Waals surface area contributed by atoms with E-state index in [-0.39, 0.29) is 0 Å². The molecule has 0 aliphatic heterocycles. The molecule has 0 saturated heterocycles. The number of hydrogen-bond acceptors (Lipinski definition) is 1. The van der Waals surface area contributed by atoms with E-state index in [1.807, 2.05) is 0 Å². The molecule has 0 aliphatic carbocycles. The van der Waals surface area contributed by atoms with Gasteiger partial charge < -0.3 is 0 Å². The van der Waals surface area contributed by atoms with Gasteiger partial charge in [-0.05, 0) is 28.8 Å². The van der Waals surface area contributed by atoms with Gasteiger partial charge in [-0.2, -0.15) is 5.10 Å². The molecule has 84 valence electrons. The SMILES string of the molecule is Cc1ccc(-c2n[nH]c(C(C)C)c2Br)cc1. The van der Waals surface area contributed by atoms with Crippen molar-refractivity contribution in [3.05, 3.63) is 40.0 Å². The molecule has 2 nitrogen and oxygen atoms in total. The minimum absolute atomic E-state index is 0.445. The number of halogens is 1. The van der Waals surface area contributed by atoms with Gasteiger partial charge in [-0.15, -0.1) is 0 Å². The Bertz CT molecular complexity index is 483. The Labute approximate surface area is 104 Å². The highest BCUT2D eigenvalue weighted by Crippen LogP contribution is 2.32. The van der Waals surface area contributed by atoms with Crippen LogP contribution in [-0.4, -0.2) is 10.2 Å². The van der Waals surface area contributed by atoms with Crippen LogP contribution in [0.15, 0.2) is 28.7 Å². The second kappa shape index (κ2) is 4.42. The lowest BCUT2D eigenvalue weighted by atomic mass is 10.1. The van der Waals surface area contributed by atoms with Crippen molar-refractivity contribution in [2.24, 2.45) is 0 Å². The van der Waals surface area contributed by atoms with Crippen LogP contribution in [0.2, 0.25) is 0 Å². The standard InChI is InChI=1S/C13H15BrN2/c1-8(2)12-11(14)13(16-15-12)10-6-4-9(3)5-7-10/h4-8H,1-3H3,(H,15,16). The van der Waals surface area contributed by atoms with Crippen LogP contribution in [0.1, 0.15) is 31.0 Å². The molecule has 1 N–H and O–H groups in total. The van der Waals surface area contributed by atoms with E-state index in [0.29, 0.717) is 5.92 Å². The van der Waals surface area contributed by atoms with Crippen molar-refractivity contribution < 1.29 is 0 Å². The fourth-order valence-electron chi connectivity index (χ4n) is 1.63. The second-order valence-electron chi connectivity index (χ2n) is 4.32. The minimum atomic E-state index is 0.445. The normalized spacial score (nSPS) is 11.1. The second-order valence-corrected chi connectivity index (χ2v) is 5.11. The molecular weight excluding hydrogens is 264 g/mol. The Balaban J connectivity index is 2.45. The molecule has 0 atom stereocenters. The monoisotopic (exact) mass is 278 g/mol. The molecule has 2 aromatic rings. The molecule has 1 heterocycles. The van der Waals surface area contributed by atoms with Crippen LogP contribution in [0.5, 0.6) is 0 Å². The van der Waals surface area contributed by atoms with Gasteiger partial charge in [0.25, 0.3) is 0 Å². The molecule has 3 heteroatoms. The largest absolute Gasteiger partial charge is 0.281 e. The first kappa shape index (κ1) is 11.4. The number of benzene rings is 1. The molecule has 2 rings (SSSR count). The molecule has 0 radical (unpaired) electrons. The van der Waals surface area contributed by atoms with Crippen LogP contribution < -0.4 is 0 Å². The number of nitrogens with one attached hydrogen (secondary N) is 1. The molecule has 1 aromatic heterocycles. The van der Waals surface area contributed by atoms with E-state index in [0.717, 1.165) is 21.4 Å². The van der Waals surface area contributed by atoms with Gasteiger partial charge in [-0.25, -0.2) is 0 Å². The predicted octanol–water partition coefficient (Wildman–Crippen LogP) is 4.27. The molecule has 16 heavy (non-hydrogen) atoms. The molecule has 0 fully saturated rings. The van der Waals surface area contributed by atoms with Crippen LogP contribution >= 0.6 is 15.9 Å². The summed E-state index contributed by atoms with van der Waals surface area (Å²) in [5.41, 5.74) is 4.54. The summed E-state index contributed by atoms with van der Waals surface area (Å²) in [7, 11) is 0. The molecule has 0 amide bonds. The lowest BCUT2D eigenvalue weighted by Crippen LogP contribution is -1.87. The summed E-state index contributed by atoms with van der Waals surface area (Å²) in [6.45, 7) is 6.39. The first-order valence-corrected chi connectivity index (χ1v) is 6.19. The van der Waals surface area contributed by atoms with E-state index in [2.05, 4.69) is 71.2 Å². The van der Waals surface area contributed by atoms with Crippen molar-refractivity contribution in [1.82, 2.24) is 10.2 Å². The molecule has 0 unspecified atom stereocenters. The zero-order valence-corrected chi connectivity index (χ0v) is 11.3. The third-order valence-electron chi connectivity index (χ3n) is 2.63. The predicted molar refractivity (Wildman–Crippen MR) is 70.5 cm³/mol. The lowest BCUT2D eigenvalue weighted by molar-refractivity contribution is 0.807. The summed E-state index contributed by atoms with van der Waals surface area (Å²) in [6.07, 6.45) is 0. The van der Waals surface area contributed by atoms with Gasteiger partial charge in [-0.1, -0.05) is 43.7 Å². The number of nitrogens with zero attached hydrogens (tertiary/aromatic N) is 1. The van der Waals surface area contributed by atoms with Gasteiger partial charge in [0.2, 0.25) is 0 Å². The van der Waals surface area contributed by atoms with Crippen LogP contribution in [0.4, 0.5) is 0 Å². The van der Waals surface area contributed by atoms with Crippen molar-refractivity contribution in [3.8, 4) is 11.3 Å². The third kappa shape index (κ3) is 2.05. The van der Waals surface area contributed by atoms with Gasteiger partial charge in [-0.3, -0.25) is 5.10 Å². The first-order valence-electron chi connectivity index (χ1n) is 5.40. The highest BCUT2D eigenvalue weighted by molar-refractivity contribution is 9.10. The average Bonchev–Trinajstić information content (AvgIpc) is 2.61. The Kier molecular flexibility index (Phi) is 3.15. The topological polar surface area (TPSA) is 28.7 Å². The molecule has 0 spiro atoms. The maximum atomic E-state index is 4.37. The maximum absolute atomic E-state index is 4.37. The first-order chi connectivity index (χ1) is 7.59. The Hall–Kier alpha value is -1.09. The summed E-state index contributed by atoms with van der Waals surface area (Å²) in [5.74, 6) is 0.445. The van der Waals surface area contributed by atoms with Crippen LogP contribution in [0.3, 0.4) is 0 Å². The summed E-state index contributed by atoms with van der Waals surface area (Å²) < 4.78 is 1.08. The molecular formula is C13H15BrN2. The molecule has 1 aromatic carbocycles. The third-order valence-corrected chi connectivity index (χ3v) is 3.44. The summed E-state index contributed by atoms with van der Waals surface area (Å²) in [5, 5.41) is 7.45. The minimum Gasteiger partial charge on any atom is -0.281 e. The lowest BCUT2D eigenvalue weighted by Gasteiger charge is -2.02. The van der Waals surface area contributed by atoms with Crippen molar-refractivity contribution in [2.75, 3.05) is 0 Å². The van der Waals surface area contributed by atoms with Crippen molar-refractivity contribution in [2.45, 2.75) is 26.7 Å². The Morgan fingerprint density at radius 3 is 2.31 bits per heavy atom. The van der Waals surface area contributed by atoms with Crippen molar-refractivity contribution in [3.63, 3.8) is 0 Å². The summed E-state index contributed by atoms with van der Waals surface area (Å²) in [4.78, 5) is 0. The van der Waals surface area contributed by atoms with Gasteiger partial charge >= 0.3 is 0 Å². The average molecular weight is 279 g/mol. The van der Waals surface area contributed by atoms with Gasteiger partial charge in [0.1, 0.15) is 5.69 Å². The summed E-state index contributed by atoms with van der Waals surface area (Å²) in [6, 6.07) is 8.40. The van der Waals surface area contributed by atoms with Gasteiger partial charge in [0.05, 0.1) is 10.2 Å². The number of aromatic amines is 1. The van der Waals surface area contributed by atoms with E-state index in [9.17, 15) is 0 Å². The van der Waals surface area contributed by atoms with Crippen LogP contribution in [-0.2, 0) is 0 Å². The van der Waals surface area contributed by atoms with E-state index < -0.39 is 0 Å². The number of aromatic nitrogens is 2. The van der Waals surface area contributed by atoms with Crippen molar-refractivity contribution >= 4 is 15.9 Å². The number of aryl methyl sites for hydroxylation is 1. The maximum Gasteiger partial charge on any atom is 0.107 e. The van der Waals surface area contributed by atoms with E-state index >= 15 is 0 Å². The molecule has 0 aliphatic rings. The number of H-pyrrole nitrogens is 1. The zero-order chi connectivity index (χ0) is 11.7. The van der Waals surface area contributed by atoms with E-state index in [1.54, 1.807) is 0 Å². The van der Waals surface area contributed by atoms with E-state index in [1.165, 1.54) is 5.56 Å². The summed E-state index contributed by atoms with van der Waals surface area (Å²) >= 11 is 3.61.